The van der Waals surface area contributed by atoms with Gasteiger partial charge in [0.1, 0.15) is 24.5 Å². The van der Waals surface area contributed by atoms with Crippen LogP contribution in [0.1, 0.15) is 32.3 Å². The second kappa shape index (κ2) is 8.63. The highest BCUT2D eigenvalue weighted by atomic mass is 16.5. The number of nitrogens with one attached hydrogen (secondary N) is 1. The second-order valence-corrected chi connectivity index (χ2v) is 5.45. The van der Waals surface area contributed by atoms with Crippen LogP contribution in [-0.4, -0.2) is 41.6 Å². The third-order valence-electron chi connectivity index (χ3n) is 3.11. The molecule has 0 spiro atoms. The molecular formula is C16H24N2O3. The van der Waals surface area contributed by atoms with Crippen LogP contribution in [0, 0.1) is 11.3 Å². The molecule has 0 amide bonds. The topological polar surface area (TPSA) is 85.5 Å². The van der Waals surface area contributed by atoms with Crippen molar-refractivity contribution < 1.29 is 14.9 Å². The maximum atomic E-state index is 9.99. The molecule has 0 saturated heterocycles. The van der Waals surface area contributed by atoms with Crippen molar-refractivity contribution in [2.24, 2.45) is 0 Å². The van der Waals surface area contributed by atoms with Gasteiger partial charge in [0.2, 0.25) is 0 Å². The molecule has 2 atom stereocenters. The van der Waals surface area contributed by atoms with Crippen LogP contribution >= 0.6 is 0 Å². The van der Waals surface area contributed by atoms with Gasteiger partial charge in [0, 0.05) is 13.1 Å². The Morgan fingerprint density at radius 1 is 1.43 bits per heavy atom. The smallest absolute Gasteiger partial charge is 0.137 e. The number of ether oxygens (including phenoxy) is 1. The van der Waals surface area contributed by atoms with Crippen LogP contribution in [0.4, 0.5) is 0 Å². The van der Waals surface area contributed by atoms with Crippen molar-refractivity contribution in [2.75, 3.05) is 19.7 Å². The molecule has 1 aromatic carbocycles. The molecule has 0 aliphatic rings. The zero-order valence-corrected chi connectivity index (χ0v) is 12.7. The van der Waals surface area contributed by atoms with E-state index >= 15 is 0 Å². The lowest BCUT2D eigenvalue weighted by atomic mass is 10.0. The number of aliphatic hydroxyl groups excluding tert-OH is 1. The normalized spacial score (nSPS) is 15.0. The number of nitrogens with zero attached hydrogens (tertiary/aromatic N) is 1. The van der Waals surface area contributed by atoms with Gasteiger partial charge in [-0.25, -0.2) is 0 Å². The van der Waals surface area contributed by atoms with Gasteiger partial charge in [-0.3, -0.25) is 0 Å². The lowest BCUT2D eigenvalue weighted by molar-refractivity contribution is 0.0427. The van der Waals surface area contributed by atoms with Gasteiger partial charge in [-0.05, 0) is 25.5 Å². The number of hydrogen-bond acceptors (Lipinski definition) is 5. The summed E-state index contributed by atoms with van der Waals surface area (Å²) in [4.78, 5) is 0. The monoisotopic (exact) mass is 292 g/mol. The number of benzene rings is 1. The zero-order valence-electron chi connectivity index (χ0n) is 12.7. The maximum Gasteiger partial charge on any atom is 0.137 e. The van der Waals surface area contributed by atoms with E-state index in [9.17, 15) is 10.2 Å². The van der Waals surface area contributed by atoms with Crippen molar-refractivity contribution in [2.45, 2.75) is 38.4 Å². The molecule has 3 N–H and O–H groups in total. The summed E-state index contributed by atoms with van der Waals surface area (Å²) in [5, 5.41) is 31.8. The Balaban J connectivity index is 2.32. The van der Waals surface area contributed by atoms with Crippen LogP contribution in [-0.2, 0) is 0 Å². The standard InChI is InChI=1S/C16H24N2O3/c1-3-8-16(2,20)12-18-10-14(19)11-21-15-7-5-4-6-13(15)9-17/h4-7,14,18-20H,3,8,10-12H2,1-2H3. The van der Waals surface area contributed by atoms with Crippen molar-refractivity contribution in [1.29, 1.82) is 5.26 Å². The molecule has 0 aromatic heterocycles. The summed E-state index contributed by atoms with van der Waals surface area (Å²) in [5.74, 6) is 0.469. The SMILES string of the molecule is CCCC(C)(O)CNCC(O)COc1ccccc1C#N. The van der Waals surface area contributed by atoms with Gasteiger partial charge in [0.25, 0.3) is 0 Å². The number of rotatable bonds is 9. The van der Waals surface area contributed by atoms with E-state index in [1.54, 1.807) is 31.2 Å². The second-order valence-electron chi connectivity index (χ2n) is 5.45. The van der Waals surface area contributed by atoms with Gasteiger partial charge in [-0.2, -0.15) is 5.26 Å². The first-order valence-electron chi connectivity index (χ1n) is 7.21. The lowest BCUT2D eigenvalue weighted by Gasteiger charge is -2.24. The van der Waals surface area contributed by atoms with Crippen molar-refractivity contribution in [3.05, 3.63) is 29.8 Å². The van der Waals surface area contributed by atoms with Crippen molar-refractivity contribution in [3.8, 4) is 11.8 Å². The molecule has 5 heteroatoms. The Morgan fingerprint density at radius 3 is 2.81 bits per heavy atom. The molecule has 0 radical (unpaired) electrons. The van der Waals surface area contributed by atoms with E-state index < -0.39 is 11.7 Å². The van der Waals surface area contributed by atoms with Gasteiger partial charge in [-0.15, -0.1) is 0 Å². The summed E-state index contributed by atoms with van der Waals surface area (Å²) in [6.07, 6.45) is 0.919. The molecule has 0 fully saturated rings. The van der Waals surface area contributed by atoms with Crippen LogP contribution in [0.3, 0.4) is 0 Å². The fraction of sp³-hybridized carbons (Fsp3) is 0.562. The Morgan fingerprint density at radius 2 is 2.14 bits per heavy atom. The molecule has 0 aliphatic carbocycles. The third kappa shape index (κ3) is 6.58. The van der Waals surface area contributed by atoms with Crippen molar-refractivity contribution in [3.63, 3.8) is 0 Å². The summed E-state index contributed by atoms with van der Waals surface area (Å²) >= 11 is 0. The molecule has 0 heterocycles. The molecule has 0 saturated carbocycles. The molecule has 1 rings (SSSR count). The number of hydrogen-bond donors (Lipinski definition) is 3. The predicted octanol–water partition coefficient (Wildman–Crippen LogP) is 1.44. The van der Waals surface area contributed by atoms with Crippen LogP contribution < -0.4 is 10.1 Å². The first-order valence-corrected chi connectivity index (χ1v) is 7.21. The first-order chi connectivity index (χ1) is 9.98. The van der Waals surface area contributed by atoms with Crippen LogP contribution in [0.5, 0.6) is 5.75 Å². The van der Waals surface area contributed by atoms with E-state index in [0.29, 0.717) is 30.8 Å². The molecule has 5 nitrogen and oxygen atoms in total. The Kier molecular flexibility index (Phi) is 7.17. The molecule has 1 aromatic rings. The summed E-state index contributed by atoms with van der Waals surface area (Å²) in [5.41, 5.74) is -0.313. The summed E-state index contributed by atoms with van der Waals surface area (Å²) in [7, 11) is 0. The summed E-state index contributed by atoms with van der Waals surface area (Å²) < 4.78 is 5.44. The fourth-order valence-corrected chi connectivity index (χ4v) is 2.06. The Hall–Kier alpha value is -1.61. The van der Waals surface area contributed by atoms with Gasteiger partial charge in [0.15, 0.2) is 0 Å². The van der Waals surface area contributed by atoms with Crippen molar-refractivity contribution >= 4 is 0 Å². The quantitative estimate of drug-likeness (QED) is 0.641. The fourth-order valence-electron chi connectivity index (χ4n) is 2.06. The minimum Gasteiger partial charge on any atom is -0.489 e. The largest absolute Gasteiger partial charge is 0.489 e. The van der Waals surface area contributed by atoms with E-state index in [-0.39, 0.29) is 6.61 Å². The average molecular weight is 292 g/mol. The van der Waals surface area contributed by atoms with Gasteiger partial charge in [-0.1, -0.05) is 25.5 Å². The molecule has 2 unspecified atom stereocenters. The van der Waals surface area contributed by atoms with E-state index in [1.165, 1.54) is 0 Å². The Labute approximate surface area is 126 Å². The molecule has 0 bridgehead atoms. The van der Waals surface area contributed by atoms with Crippen molar-refractivity contribution in [1.82, 2.24) is 5.32 Å². The van der Waals surface area contributed by atoms with Crippen LogP contribution in [0.2, 0.25) is 0 Å². The van der Waals surface area contributed by atoms with Gasteiger partial charge in [0.05, 0.1) is 11.2 Å². The number of para-hydroxylation sites is 1. The van der Waals surface area contributed by atoms with Crippen LogP contribution in [0.15, 0.2) is 24.3 Å². The minimum atomic E-state index is -0.761. The average Bonchev–Trinajstić information content (AvgIpc) is 2.45. The summed E-state index contributed by atoms with van der Waals surface area (Å²) in [6.45, 7) is 4.64. The van der Waals surface area contributed by atoms with Gasteiger partial charge < -0.3 is 20.3 Å². The maximum absolute atomic E-state index is 9.99. The highest BCUT2D eigenvalue weighted by Gasteiger charge is 2.18. The molecule has 21 heavy (non-hydrogen) atoms. The van der Waals surface area contributed by atoms with Gasteiger partial charge >= 0.3 is 0 Å². The van der Waals surface area contributed by atoms with E-state index in [1.807, 2.05) is 13.0 Å². The highest BCUT2D eigenvalue weighted by molar-refractivity contribution is 5.42. The highest BCUT2D eigenvalue weighted by Crippen LogP contribution is 2.16. The molecular weight excluding hydrogens is 268 g/mol. The number of nitriles is 1. The Bertz CT molecular complexity index is 469. The molecule has 116 valence electrons. The predicted molar refractivity (Wildman–Crippen MR) is 81.1 cm³/mol. The zero-order chi connectivity index (χ0) is 15.7. The lowest BCUT2D eigenvalue weighted by Crippen LogP contribution is -2.41. The first kappa shape index (κ1) is 17.4. The summed E-state index contributed by atoms with van der Waals surface area (Å²) in [6, 6.07) is 8.95. The molecule has 0 aliphatic heterocycles. The van der Waals surface area contributed by atoms with E-state index in [0.717, 1.165) is 6.42 Å². The number of aliphatic hydroxyl groups is 2. The van der Waals surface area contributed by atoms with E-state index in [2.05, 4.69) is 5.32 Å². The third-order valence-corrected chi connectivity index (χ3v) is 3.11. The minimum absolute atomic E-state index is 0.0988. The van der Waals surface area contributed by atoms with E-state index in [4.69, 9.17) is 10.00 Å². The van der Waals surface area contributed by atoms with Crippen LogP contribution in [0.25, 0.3) is 0 Å².